The minimum Gasteiger partial charge on any atom is -0.295 e. The van der Waals surface area contributed by atoms with Crippen LogP contribution in [-0.4, -0.2) is 24.0 Å². The molecule has 1 aromatic carbocycles. The standard InChI is InChI=1S/C14H17N3O3S/c1-4-13-14(9-17(3)15-13)16-21(19,20)12-7-5-6-11(8-12)10(2)18/h5-9,16H,4H2,1-3H3. The van der Waals surface area contributed by atoms with E-state index in [9.17, 15) is 13.2 Å². The van der Waals surface area contributed by atoms with Gasteiger partial charge in [0.05, 0.1) is 16.3 Å². The molecule has 21 heavy (non-hydrogen) atoms. The van der Waals surface area contributed by atoms with E-state index in [-0.39, 0.29) is 10.7 Å². The fourth-order valence-electron chi connectivity index (χ4n) is 1.97. The molecule has 1 aromatic heterocycles. The van der Waals surface area contributed by atoms with Gasteiger partial charge < -0.3 is 0 Å². The van der Waals surface area contributed by atoms with Crippen molar-refractivity contribution in [3.63, 3.8) is 0 Å². The molecular formula is C14H17N3O3S. The molecule has 0 unspecified atom stereocenters. The lowest BCUT2D eigenvalue weighted by Crippen LogP contribution is -2.14. The summed E-state index contributed by atoms with van der Waals surface area (Å²) in [6, 6.07) is 5.96. The fraction of sp³-hybridized carbons (Fsp3) is 0.286. The van der Waals surface area contributed by atoms with Crippen molar-refractivity contribution in [2.75, 3.05) is 4.72 Å². The average molecular weight is 307 g/mol. The number of ketones is 1. The van der Waals surface area contributed by atoms with Gasteiger partial charge in [-0.25, -0.2) is 8.42 Å². The first-order chi connectivity index (χ1) is 9.83. The summed E-state index contributed by atoms with van der Waals surface area (Å²) >= 11 is 0. The number of hydrogen-bond donors (Lipinski definition) is 1. The summed E-state index contributed by atoms with van der Waals surface area (Å²) < 4.78 is 28.9. The lowest BCUT2D eigenvalue weighted by molar-refractivity contribution is 0.101. The van der Waals surface area contributed by atoms with E-state index in [2.05, 4.69) is 9.82 Å². The van der Waals surface area contributed by atoms with E-state index in [4.69, 9.17) is 0 Å². The Labute approximate surface area is 123 Å². The number of aryl methyl sites for hydroxylation is 2. The van der Waals surface area contributed by atoms with E-state index < -0.39 is 10.0 Å². The highest BCUT2D eigenvalue weighted by atomic mass is 32.2. The van der Waals surface area contributed by atoms with E-state index in [1.165, 1.54) is 19.1 Å². The molecule has 0 radical (unpaired) electrons. The van der Waals surface area contributed by atoms with Crippen LogP contribution in [0.1, 0.15) is 29.9 Å². The molecule has 6 nitrogen and oxygen atoms in total. The smallest absolute Gasteiger partial charge is 0.262 e. The monoisotopic (exact) mass is 307 g/mol. The zero-order valence-corrected chi connectivity index (χ0v) is 12.9. The molecule has 2 aromatic rings. The van der Waals surface area contributed by atoms with Crippen molar-refractivity contribution in [3.05, 3.63) is 41.7 Å². The van der Waals surface area contributed by atoms with Gasteiger partial charge in [0.1, 0.15) is 0 Å². The van der Waals surface area contributed by atoms with Gasteiger partial charge in [0, 0.05) is 18.8 Å². The molecule has 2 rings (SSSR count). The zero-order valence-electron chi connectivity index (χ0n) is 12.1. The maximum Gasteiger partial charge on any atom is 0.262 e. The van der Waals surface area contributed by atoms with Crippen LogP contribution in [0.3, 0.4) is 0 Å². The number of nitrogens with zero attached hydrogens (tertiary/aromatic N) is 2. The molecule has 7 heteroatoms. The van der Waals surface area contributed by atoms with E-state index in [0.717, 1.165) is 0 Å². The van der Waals surface area contributed by atoms with Crippen LogP contribution >= 0.6 is 0 Å². The minimum atomic E-state index is -3.74. The summed E-state index contributed by atoms with van der Waals surface area (Å²) in [6.45, 7) is 3.30. The fourth-order valence-corrected chi connectivity index (χ4v) is 3.08. The SMILES string of the molecule is CCc1nn(C)cc1NS(=O)(=O)c1cccc(C(C)=O)c1. The number of Topliss-reactive ketones (excluding diaryl/α,β-unsaturated/α-hetero) is 1. The Hall–Kier alpha value is -2.15. The van der Waals surface area contributed by atoms with E-state index >= 15 is 0 Å². The quantitative estimate of drug-likeness (QED) is 0.857. The molecule has 0 aliphatic heterocycles. The summed E-state index contributed by atoms with van der Waals surface area (Å²) in [5.41, 5.74) is 1.48. The molecule has 0 fully saturated rings. The van der Waals surface area contributed by atoms with Crippen LogP contribution in [0.5, 0.6) is 0 Å². The Balaban J connectivity index is 2.38. The minimum absolute atomic E-state index is 0.0566. The highest BCUT2D eigenvalue weighted by molar-refractivity contribution is 7.92. The molecule has 0 spiro atoms. The first-order valence-electron chi connectivity index (χ1n) is 6.50. The van der Waals surface area contributed by atoms with Gasteiger partial charge in [-0.3, -0.25) is 14.2 Å². The summed E-state index contributed by atoms with van der Waals surface area (Å²) in [4.78, 5) is 11.4. The number of hydrogen-bond acceptors (Lipinski definition) is 4. The van der Waals surface area contributed by atoms with E-state index in [1.54, 1.807) is 30.1 Å². The summed E-state index contributed by atoms with van der Waals surface area (Å²) in [7, 11) is -2.01. The Morgan fingerprint density at radius 1 is 1.38 bits per heavy atom. The molecule has 1 N–H and O–H groups in total. The number of rotatable bonds is 5. The van der Waals surface area contributed by atoms with Crippen LogP contribution in [0.4, 0.5) is 5.69 Å². The van der Waals surface area contributed by atoms with Gasteiger partial charge in [0.2, 0.25) is 0 Å². The molecule has 0 saturated carbocycles. The molecule has 0 atom stereocenters. The summed E-state index contributed by atoms with van der Waals surface area (Å²) in [5, 5.41) is 4.19. The molecule has 112 valence electrons. The van der Waals surface area contributed by atoms with Gasteiger partial charge in [0.15, 0.2) is 5.78 Å². The van der Waals surface area contributed by atoms with E-state index in [1.807, 2.05) is 6.92 Å². The van der Waals surface area contributed by atoms with Crippen LogP contribution in [0.25, 0.3) is 0 Å². The topological polar surface area (TPSA) is 81.1 Å². The van der Waals surface area contributed by atoms with Gasteiger partial charge in [-0.15, -0.1) is 0 Å². The van der Waals surface area contributed by atoms with Crippen LogP contribution in [-0.2, 0) is 23.5 Å². The predicted octanol–water partition coefficient (Wildman–Crippen LogP) is 1.99. The number of sulfonamides is 1. The van der Waals surface area contributed by atoms with Crippen LogP contribution < -0.4 is 4.72 Å². The van der Waals surface area contributed by atoms with Gasteiger partial charge in [-0.2, -0.15) is 5.10 Å². The lowest BCUT2D eigenvalue weighted by Gasteiger charge is -2.08. The van der Waals surface area contributed by atoms with Crippen LogP contribution in [0.15, 0.2) is 35.4 Å². The molecule has 1 heterocycles. The molecule has 0 amide bonds. The van der Waals surface area contributed by atoms with Crippen molar-refractivity contribution in [1.82, 2.24) is 9.78 Å². The highest BCUT2D eigenvalue weighted by Gasteiger charge is 2.18. The van der Waals surface area contributed by atoms with Crippen molar-refractivity contribution in [2.24, 2.45) is 7.05 Å². The third-order valence-electron chi connectivity index (χ3n) is 3.04. The number of anilines is 1. The Bertz CT molecular complexity index is 779. The lowest BCUT2D eigenvalue weighted by atomic mass is 10.2. The summed E-state index contributed by atoms with van der Waals surface area (Å²) in [6.07, 6.45) is 2.23. The first kappa shape index (κ1) is 15.2. The number of carbonyl (C=O) groups excluding carboxylic acids is 1. The third kappa shape index (κ3) is 3.30. The third-order valence-corrected chi connectivity index (χ3v) is 4.40. The van der Waals surface area contributed by atoms with Crippen molar-refractivity contribution < 1.29 is 13.2 Å². The largest absolute Gasteiger partial charge is 0.295 e. The van der Waals surface area contributed by atoms with Crippen LogP contribution in [0, 0.1) is 0 Å². The van der Waals surface area contributed by atoms with E-state index in [0.29, 0.717) is 23.4 Å². The number of aromatic nitrogens is 2. The Morgan fingerprint density at radius 3 is 2.71 bits per heavy atom. The Morgan fingerprint density at radius 2 is 2.10 bits per heavy atom. The van der Waals surface area contributed by atoms with Gasteiger partial charge in [-0.05, 0) is 25.5 Å². The predicted molar refractivity (Wildman–Crippen MR) is 79.8 cm³/mol. The van der Waals surface area contributed by atoms with Crippen molar-refractivity contribution in [3.8, 4) is 0 Å². The van der Waals surface area contributed by atoms with Gasteiger partial charge >= 0.3 is 0 Å². The van der Waals surface area contributed by atoms with Crippen molar-refractivity contribution in [2.45, 2.75) is 25.2 Å². The molecular weight excluding hydrogens is 290 g/mol. The number of benzene rings is 1. The maximum absolute atomic E-state index is 12.4. The average Bonchev–Trinajstić information content (AvgIpc) is 2.78. The molecule has 0 saturated heterocycles. The van der Waals surface area contributed by atoms with Crippen molar-refractivity contribution >= 4 is 21.5 Å². The molecule has 0 aliphatic rings. The molecule has 0 aliphatic carbocycles. The normalized spacial score (nSPS) is 11.4. The van der Waals surface area contributed by atoms with Crippen molar-refractivity contribution in [1.29, 1.82) is 0 Å². The Kier molecular flexibility index (Phi) is 4.13. The molecule has 0 bridgehead atoms. The maximum atomic E-state index is 12.4. The zero-order chi connectivity index (χ0) is 15.6. The number of carbonyl (C=O) groups is 1. The number of nitrogens with one attached hydrogen (secondary N) is 1. The highest BCUT2D eigenvalue weighted by Crippen LogP contribution is 2.20. The van der Waals surface area contributed by atoms with Crippen LogP contribution in [0.2, 0.25) is 0 Å². The first-order valence-corrected chi connectivity index (χ1v) is 7.98. The summed E-state index contributed by atoms with van der Waals surface area (Å²) in [5.74, 6) is -0.178. The second-order valence-electron chi connectivity index (χ2n) is 4.71. The van der Waals surface area contributed by atoms with Gasteiger partial charge in [0.25, 0.3) is 10.0 Å². The second-order valence-corrected chi connectivity index (χ2v) is 6.39. The van der Waals surface area contributed by atoms with Gasteiger partial charge in [-0.1, -0.05) is 19.1 Å². The second kappa shape index (κ2) is 5.69.